The Hall–Kier alpha value is -1.29. The minimum atomic E-state index is -0.286. The number of hydrogen-bond acceptors (Lipinski definition) is 3. The van der Waals surface area contributed by atoms with Crippen molar-refractivity contribution >= 4 is 5.91 Å². The van der Waals surface area contributed by atoms with Crippen LogP contribution in [0.1, 0.15) is 23.9 Å². The Kier molecular flexibility index (Phi) is 3.52. The SMILES string of the molecule is CCC(CO)NC(=O)c1ccco1. The highest BCUT2D eigenvalue weighted by Gasteiger charge is 2.12. The molecule has 1 atom stereocenters. The van der Waals surface area contributed by atoms with E-state index in [1.165, 1.54) is 6.26 Å². The summed E-state index contributed by atoms with van der Waals surface area (Å²) in [5.74, 6) is -0.0159. The topological polar surface area (TPSA) is 62.5 Å². The first-order valence-electron chi connectivity index (χ1n) is 4.23. The maximum Gasteiger partial charge on any atom is 0.287 e. The summed E-state index contributed by atoms with van der Waals surface area (Å²) in [6.07, 6.45) is 2.14. The normalized spacial score (nSPS) is 12.5. The number of furan rings is 1. The molecule has 72 valence electrons. The van der Waals surface area contributed by atoms with E-state index in [2.05, 4.69) is 5.32 Å². The van der Waals surface area contributed by atoms with Gasteiger partial charge in [0.2, 0.25) is 0 Å². The molecule has 0 aromatic carbocycles. The summed E-state index contributed by atoms with van der Waals surface area (Å²) in [5, 5.41) is 11.5. The zero-order valence-electron chi connectivity index (χ0n) is 7.49. The van der Waals surface area contributed by atoms with Crippen molar-refractivity contribution in [2.75, 3.05) is 6.61 Å². The predicted molar refractivity (Wildman–Crippen MR) is 47.3 cm³/mol. The van der Waals surface area contributed by atoms with Crippen LogP contribution in [0, 0.1) is 0 Å². The maximum absolute atomic E-state index is 11.3. The van der Waals surface area contributed by atoms with E-state index in [-0.39, 0.29) is 24.3 Å². The second-order valence-corrected chi connectivity index (χ2v) is 2.74. The van der Waals surface area contributed by atoms with Gasteiger partial charge in [0.15, 0.2) is 5.76 Å². The number of carbonyl (C=O) groups is 1. The van der Waals surface area contributed by atoms with Crippen LogP contribution >= 0.6 is 0 Å². The molecule has 4 heteroatoms. The molecule has 2 N–H and O–H groups in total. The molecule has 0 aliphatic heterocycles. The van der Waals surface area contributed by atoms with Crippen molar-refractivity contribution in [1.29, 1.82) is 0 Å². The lowest BCUT2D eigenvalue weighted by Gasteiger charge is -2.12. The van der Waals surface area contributed by atoms with E-state index in [0.29, 0.717) is 6.42 Å². The molecule has 1 heterocycles. The van der Waals surface area contributed by atoms with Gasteiger partial charge >= 0.3 is 0 Å². The molecule has 0 saturated carbocycles. The second-order valence-electron chi connectivity index (χ2n) is 2.74. The van der Waals surface area contributed by atoms with Gasteiger partial charge in [0, 0.05) is 0 Å². The molecule has 0 fully saturated rings. The fourth-order valence-corrected chi connectivity index (χ4v) is 0.941. The summed E-state index contributed by atoms with van der Waals surface area (Å²) in [6, 6.07) is 3.03. The van der Waals surface area contributed by atoms with Crippen molar-refractivity contribution in [3.8, 4) is 0 Å². The highest BCUT2D eigenvalue weighted by atomic mass is 16.3. The van der Waals surface area contributed by atoms with Gasteiger partial charge in [-0.3, -0.25) is 4.79 Å². The quantitative estimate of drug-likeness (QED) is 0.725. The summed E-state index contributed by atoms with van der Waals surface area (Å²) in [6.45, 7) is 1.84. The number of rotatable bonds is 4. The second kappa shape index (κ2) is 4.67. The third-order valence-corrected chi connectivity index (χ3v) is 1.79. The molecular weight excluding hydrogens is 170 g/mol. The number of aliphatic hydroxyl groups excluding tert-OH is 1. The van der Waals surface area contributed by atoms with Crippen molar-refractivity contribution < 1.29 is 14.3 Å². The lowest BCUT2D eigenvalue weighted by atomic mass is 10.2. The Morgan fingerprint density at radius 3 is 3.00 bits per heavy atom. The molecule has 0 radical (unpaired) electrons. The number of nitrogens with one attached hydrogen (secondary N) is 1. The van der Waals surface area contributed by atoms with Gasteiger partial charge in [0.05, 0.1) is 18.9 Å². The van der Waals surface area contributed by atoms with Gasteiger partial charge in [0.25, 0.3) is 5.91 Å². The zero-order valence-corrected chi connectivity index (χ0v) is 7.49. The van der Waals surface area contributed by atoms with Crippen molar-refractivity contribution in [3.63, 3.8) is 0 Å². The Morgan fingerprint density at radius 1 is 1.77 bits per heavy atom. The van der Waals surface area contributed by atoms with Crippen LogP contribution in [0.25, 0.3) is 0 Å². The Balaban J connectivity index is 2.50. The standard InChI is InChI=1S/C9H13NO3/c1-2-7(6-11)10-9(12)8-4-3-5-13-8/h3-5,7,11H,2,6H2,1H3,(H,10,12). The van der Waals surface area contributed by atoms with Gasteiger partial charge in [0.1, 0.15) is 0 Å². The van der Waals surface area contributed by atoms with E-state index in [1.807, 2.05) is 6.92 Å². The molecule has 1 amide bonds. The van der Waals surface area contributed by atoms with Crippen molar-refractivity contribution in [2.45, 2.75) is 19.4 Å². The van der Waals surface area contributed by atoms with Crippen molar-refractivity contribution in [1.82, 2.24) is 5.32 Å². The Bertz CT molecular complexity index is 252. The first kappa shape index (κ1) is 9.80. The Morgan fingerprint density at radius 2 is 2.54 bits per heavy atom. The molecule has 1 aromatic rings. The largest absolute Gasteiger partial charge is 0.459 e. The van der Waals surface area contributed by atoms with Crippen LogP contribution in [-0.2, 0) is 0 Å². The monoisotopic (exact) mass is 183 g/mol. The summed E-state index contributed by atoms with van der Waals surface area (Å²) in [5.41, 5.74) is 0. The number of amides is 1. The third-order valence-electron chi connectivity index (χ3n) is 1.79. The Labute approximate surface area is 76.6 Å². The summed E-state index contributed by atoms with van der Waals surface area (Å²) >= 11 is 0. The number of aliphatic hydroxyl groups is 1. The molecule has 1 unspecified atom stereocenters. The predicted octanol–water partition coefficient (Wildman–Crippen LogP) is 0.780. The first-order valence-corrected chi connectivity index (χ1v) is 4.23. The molecule has 13 heavy (non-hydrogen) atoms. The molecule has 0 spiro atoms. The van der Waals surface area contributed by atoms with Crippen LogP contribution in [0.15, 0.2) is 22.8 Å². The molecule has 0 saturated heterocycles. The van der Waals surface area contributed by atoms with Crippen LogP contribution in [-0.4, -0.2) is 23.7 Å². The average Bonchev–Trinajstić information content (AvgIpc) is 2.66. The van der Waals surface area contributed by atoms with Gasteiger partial charge in [-0.05, 0) is 18.6 Å². The van der Waals surface area contributed by atoms with Crippen molar-refractivity contribution in [2.24, 2.45) is 0 Å². The lowest BCUT2D eigenvalue weighted by molar-refractivity contribution is 0.0887. The van der Waals surface area contributed by atoms with Gasteiger partial charge in [-0.25, -0.2) is 0 Å². The van der Waals surface area contributed by atoms with Gasteiger partial charge in [-0.15, -0.1) is 0 Å². The summed E-state index contributed by atoms with van der Waals surface area (Å²) < 4.78 is 4.89. The van der Waals surface area contributed by atoms with Crippen LogP contribution in [0.4, 0.5) is 0 Å². The summed E-state index contributed by atoms with van der Waals surface area (Å²) in [4.78, 5) is 11.3. The van der Waals surface area contributed by atoms with E-state index in [9.17, 15) is 4.79 Å². The zero-order chi connectivity index (χ0) is 9.68. The average molecular weight is 183 g/mol. The highest BCUT2D eigenvalue weighted by Crippen LogP contribution is 2.00. The van der Waals surface area contributed by atoms with E-state index in [1.54, 1.807) is 12.1 Å². The lowest BCUT2D eigenvalue weighted by Crippen LogP contribution is -2.36. The molecule has 1 rings (SSSR count). The minimum Gasteiger partial charge on any atom is -0.459 e. The molecule has 0 aliphatic rings. The molecule has 0 bridgehead atoms. The molecule has 1 aromatic heterocycles. The van der Waals surface area contributed by atoms with E-state index < -0.39 is 0 Å². The van der Waals surface area contributed by atoms with Gasteiger partial charge < -0.3 is 14.8 Å². The number of carbonyl (C=O) groups excluding carboxylic acids is 1. The summed E-state index contributed by atoms with van der Waals surface area (Å²) in [7, 11) is 0. The molecular formula is C9H13NO3. The fourth-order valence-electron chi connectivity index (χ4n) is 0.941. The van der Waals surface area contributed by atoms with Gasteiger partial charge in [-0.1, -0.05) is 6.92 Å². The van der Waals surface area contributed by atoms with Crippen LogP contribution in [0.5, 0.6) is 0 Å². The maximum atomic E-state index is 11.3. The van der Waals surface area contributed by atoms with Crippen LogP contribution in [0.2, 0.25) is 0 Å². The molecule has 4 nitrogen and oxygen atoms in total. The smallest absolute Gasteiger partial charge is 0.287 e. The minimum absolute atomic E-state index is 0.0526. The van der Waals surface area contributed by atoms with Crippen LogP contribution < -0.4 is 5.32 Å². The van der Waals surface area contributed by atoms with Crippen LogP contribution in [0.3, 0.4) is 0 Å². The van der Waals surface area contributed by atoms with Crippen molar-refractivity contribution in [3.05, 3.63) is 24.2 Å². The van der Waals surface area contributed by atoms with Gasteiger partial charge in [-0.2, -0.15) is 0 Å². The van der Waals surface area contributed by atoms with E-state index in [0.717, 1.165) is 0 Å². The number of hydrogen-bond donors (Lipinski definition) is 2. The third kappa shape index (κ3) is 2.59. The fraction of sp³-hybridized carbons (Fsp3) is 0.444. The highest BCUT2D eigenvalue weighted by molar-refractivity contribution is 5.91. The first-order chi connectivity index (χ1) is 6.27. The van der Waals surface area contributed by atoms with E-state index in [4.69, 9.17) is 9.52 Å². The van der Waals surface area contributed by atoms with E-state index >= 15 is 0 Å². The molecule has 0 aliphatic carbocycles.